The van der Waals surface area contributed by atoms with E-state index in [-0.39, 0.29) is 11.8 Å². The Labute approximate surface area is 197 Å². The molecular formula is C23H29N7O2S. The number of rotatable bonds is 6. The molecule has 4 rings (SSSR count). The minimum atomic E-state index is -0.682. The van der Waals surface area contributed by atoms with Gasteiger partial charge in [-0.1, -0.05) is 20.8 Å². The topological polar surface area (TPSA) is 105 Å². The zero-order valence-corrected chi connectivity index (χ0v) is 20.1. The fraction of sp³-hybridized carbons (Fsp3) is 0.435. The van der Waals surface area contributed by atoms with Gasteiger partial charge in [-0.3, -0.25) is 14.5 Å². The van der Waals surface area contributed by atoms with Gasteiger partial charge in [-0.2, -0.15) is 11.3 Å². The highest BCUT2D eigenvalue weighted by molar-refractivity contribution is 7.08. The summed E-state index contributed by atoms with van der Waals surface area (Å²) >= 11 is 1.59. The molecule has 9 nitrogen and oxygen atoms in total. The molecule has 10 heteroatoms. The van der Waals surface area contributed by atoms with Crippen LogP contribution in [0.1, 0.15) is 42.5 Å². The first-order valence-electron chi connectivity index (χ1n) is 10.9. The number of amides is 2. The van der Waals surface area contributed by atoms with Crippen molar-refractivity contribution in [3.63, 3.8) is 0 Å². The molecule has 174 valence electrons. The second-order valence-corrected chi connectivity index (χ2v) is 10.0. The summed E-state index contributed by atoms with van der Waals surface area (Å²) in [5, 5.41) is 9.63. The predicted molar refractivity (Wildman–Crippen MR) is 126 cm³/mol. The molecule has 0 bridgehead atoms. The monoisotopic (exact) mass is 467 g/mol. The summed E-state index contributed by atoms with van der Waals surface area (Å²) < 4.78 is 2.13. The lowest BCUT2D eigenvalue weighted by Gasteiger charge is -2.31. The van der Waals surface area contributed by atoms with Crippen LogP contribution in [-0.2, 0) is 24.4 Å². The zero-order chi connectivity index (χ0) is 23.6. The van der Waals surface area contributed by atoms with Crippen LogP contribution in [0.3, 0.4) is 0 Å². The SMILES string of the molecule is CNC(=O)C(NC(=O)c1nc(-c2ccsc2)n2c1CN(Cc1cncnc1)CC2)C(C)(C)C. The Bertz CT molecular complexity index is 1120. The molecule has 4 heterocycles. The van der Waals surface area contributed by atoms with E-state index in [0.717, 1.165) is 29.2 Å². The molecule has 1 atom stereocenters. The lowest BCUT2D eigenvalue weighted by atomic mass is 9.86. The summed E-state index contributed by atoms with van der Waals surface area (Å²) in [6, 6.07) is 1.33. The minimum Gasteiger partial charge on any atom is -0.357 e. The fourth-order valence-corrected chi connectivity index (χ4v) is 4.67. The highest BCUT2D eigenvalue weighted by atomic mass is 32.1. The van der Waals surface area contributed by atoms with Crippen molar-refractivity contribution in [1.29, 1.82) is 0 Å². The van der Waals surface area contributed by atoms with Gasteiger partial charge >= 0.3 is 0 Å². The van der Waals surface area contributed by atoms with Crippen LogP contribution in [0.5, 0.6) is 0 Å². The summed E-state index contributed by atoms with van der Waals surface area (Å²) in [6.07, 6.45) is 5.13. The Morgan fingerprint density at radius 2 is 1.97 bits per heavy atom. The van der Waals surface area contributed by atoms with E-state index in [1.165, 1.54) is 6.33 Å². The van der Waals surface area contributed by atoms with Crippen molar-refractivity contribution in [2.24, 2.45) is 5.41 Å². The second-order valence-electron chi connectivity index (χ2n) is 9.24. The molecule has 0 saturated carbocycles. The number of nitrogens with one attached hydrogen (secondary N) is 2. The van der Waals surface area contributed by atoms with Gasteiger partial charge in [-0.05, 0) is 16.9 Å². The van der Waals surface area contributed by atoms with Gasteiger partial charge in [0.25, 0.3) is 5.91 Å². The number of thiophene rings is 1. The average Bonchev–Trinajstić information content (AvgIpc) is 3.44. The van der Waals surface area contributed by atoms with Crippen molar-refractivity contribution >= 4 is 23.2 Å². The molecule has 33 heavy (non-hydrogen) atoms. The summed E-state index contributed by atoms with van der Waals surface area (Å²) in [5.41, 5.74) is 2.76. The number of imidazole rings is 1. The number of likely N-dealkylation sites (N-methyl/N-ethyl adjacent to an activating group) is 1. The van der Waals surface area contributed by atoms with Crippen LogP contribution in [-0.4, -0.2) is 55.9 Å². The molecule has 1 aliphatic heterocycles. The van der Waals surface area contributed by atoms with Gasteiger partial charge in [0.05, 0.1) is 5.69 Å². The van der Waals surface area contributed by atoms with Crippen molar-refractivity contribution in [2.45, 2.75) is 46.4 Å². The van der Waals surface area contributed by atoms with Crippen LogP contribution in [0.2, 0.25) is 0 Å². The number of aromatic nitrogens is 4. The van der Waals surface area contributed by atoms with E-state index in [4.69, 9.17) is 4.98 Å². The smallest absolute Gasteiger partial charge is 0.272 e. The van der Waals surface area contributed by atoms with Crippen LogP contribution in [0.4, 0.5) is 0 Å². The second kappa shape index (κ2) is 9.40. The first-order chi connectivity index (χ1) is 15.8. The summed E-state index contributed by atoms with van der Waals surface area (Å²) in [5.74, 6) is 0.215. The Hall–Kier alpha value is -3.11. The first-order valence-corrected chi connectivity index (χ1v) is 11.8. The van der Waals surface area contributed by atoms with E-state index >= 15 is 0 Å². The fourth-order valence-electron chi connectivity index (χ4n) is 4.04. The van der Waals surface area contributed by atoms with Gasteiger partial charge in [-0.25, -0.2) is 15.0 Å². The Morgan fingerprint density at radius 3 is 2.61 bits per heavy atom. The molecule has 0 radical (unpaired) electrons. The lowest BCUT2D eigenvalue weighted by Crippen LogP contribution is -2.53. The maximum Gasteiger partial charge on any atom is 0.272 e. The Kier molecular flexibility index (Phi) is 6.57. The van der Waals surface area contributed by atoms with Crippen LogP contribution < -0.4 is 10.6 Å². The van der Waals surface area contributed by atoms with Crippen LogP contribution in [0.15, 0.2) is 35.5 Å². The first kappa shape index (κ1) is 23.1. The average molecular weight is 468 g/mol. The van der Waals surface area contributed by atoms with Crippen molar-refractivity contribution in [3.8, 4) is 11.4 Å². The molecule has 0 aromatic carbocycles. The zero-order valence-electron chi connectivity index (χ0n) is 19.3. The van der Waals surface area contributed by atoms with E-state index in [0.29, 0.717) is 25.3 Å². The van der Waals surface area contributed by atoms with Gasteiger partial charge in [-0.15, -0.1) is 0 Å². The number of carbonyl (C=O) groups excluding carboxylic acids is 2. The molecule has 1 aliphatic rings. The van der Waals surface area contributed by atoms with Crippen LogP contribution >= 0.6 is 11.3 Å². The lowest BCUT2D eigenvalue weighted by molar-refractivity contribution is -0.124. The van der Waals surface area contributed by atoms with Gasteiger partial charge in [0.1, 0.15) is 18.2 Å². The standard InChI is InChI=1S/C23H29N7O2S/c1-23(2,3)19(22(32)24-4)28-21(31)18-17-12-29(11-15-9-25-14-26-10-15)6-7-30(17)20(27-18)16-5-8-33-13-16/h5,8-10,13-14,19H,6-7,11-12H2,1-4H3,(H,24,32)(H,28,31). The van der Waals surface area contributed by atoms with Crippen LogP contribution in [0.25, 0.3) is 11.4 Å². The molecule has 2 amide bonds. The van der Waals surface area contributed by atoms with Crippen molar-refractivity contribution in [3.05, 3.63) is 52.5 Å². The molecule has 0 fully saturated rings. The predicted octanol–water partition coefficient (Wildman–Crippen LogP) is 2.31. The van der Waals surface area contributed by atoms with Crippen molar-refractivity contribution < 1.29 is 9.59 Å². The highest BCUT2D eigenvalue weighted by Crippen LogP contribution is 2.29. The summed E-state index contributed by atoms with van der Waals surface area (Å²) in [4.78, 5) is 41.2. The third-order valence-electron chi connectivity index (χ3n) is 5.75. The summed E-state index contributed by atoms with van der Waals surface area (Å²) in [6.45, 7) is 8.56. The van der Waals surface area contributed by atoms with Crippen molar-refractivity contribution in [1.82, 2.24) is 35.1 Å². The summed E-state index contributed by atoms with van der Waals surface area (Å²) in [7, 11) is 1.57. The Morgan fingerprint density at radius 1 is 1.21 bits per heavy atom. The molecule has 0 spiro atoms. The van der Waals surface area contributed by atoms with Gasteiger partial charge in [0.15, 0.2) is 5.69 Å². The molecular weight excluding hydrogens is 438 g/mol. The number of nitrogens with zero attached hydrogens (tertiary/aromatic N) is 5. The van der Waals surface area contributed by atoms with E-state index in [9.17, 15) is 9.59 Å². The third kappa shape index (κ3) is 4.96. The molecule has 0 saturated heterocycles. The van der Waals surface area contributed by atoms with Crippen molar-refractivity contribution in [2.75, 3.05) is 13.6 Å². The highest BCUT2D eigenvalue weighted by Gasteiger charge is 2.35. The van der Waals surface area contributed by atoms with E-state index < -0.39 is 11.5 Å². The van der Waals surface area contributed by atoms with Crippen LogP contribution in [0, 0.1) is 5.41 Å². The number of fused-ring (bicyclic) bond motifs is 1. The number of carbonyl (C=O) groups is 2. The molecule has 3 aromatic heterocycles. The maximum atomic E-state index is 13.4. The van der Waals surface area contributed by atoms with E-state index in [2.05, 4.69) is 30.1 Å². The Balaban J connectivity index is 1.66. The molecule has 2 N–H and O–H groups in total. The minimum absolute atomic E-state index is 0.229. The largest absolute Gasteiger partial charge is 0.357 e. The van der Waals surface area contributed by atoms with E-state index in [1.807, 2.05) is 37.6 Å². The maximum absolute atomic E-state index is 13.4. The molecule has 1 unspecified atom stereocenters. The van der Waals surface area contributed by atoms with E-state index in [1.54, 1.807) is 30.8 Å². The molecule has 0 aliphatic carbocycles. The third-order valence-corrected chi connectivity index (χ3v) is 6.43. The molecule has 3 aromatic rings. The normalized spacial score (nSPS) is 15.0. The quantitative estimate of drug-likeness (QED) is 0.576. The van der Waals surface area contributed by atoms with Gasteiger partial charge in [0, 0.05) is 62.1 Å². The van der Waals surface area contributed by atoms with Gasteiger partial charge < -0.3 is 15.2 Å². The number of hydrogen-bond acceptors (Lipinski definition) is 7. The number of hydrogen-bond donors (Lipinski definition) is 2. The van der Waals surface area contributed by atoms with Gasteiger partial charge in [0.2, 0.25) is 5.91 Å².